The first-order valence-corrected chi connectivity index (χ1v) is 8.40. The van der Waals surface area contributed by atoms with E-state index < -0.39 is 0 Å². The van der Waals surface area contributed by atoms with E-state index in [9.17, 15) is 9.59 Å². The molecule has 2 amide bonds. The molecule has 0 aromatic heterocycles. The molecular weight excluding hydrogens is 352 g/mol. The van der Waals surface area contributed by atoms with Crippen molar-refractivity contribution in [1.29, 1.82) is 0 Å². The molecule has 6 heteroatoms. The standard InChI is InChI=1S/C20H21ClN2O3/c1-14-5-4-6-15(11-14)7-10-20(25)23(2)13-19(24)22-17-12-16(21)8-9-18(17)26-3/h4-12H,13H2,1-3H3,(H,22,24)/b10-7+. The molecule has 0 aliphatic carbocycles. The quantitative estimate of drug-likeness (QED) is 0.785. The van der Waals surface area contributed by atoms with Gasteiger partial charge in [0, 0.05) is 18.1 Å². The number of nitrogens with zero attached hydrogens (tertiary/aromatic N) is 1. The summed E-state index contributed by atoms with van der Waals surface area (Å²) in [6.45, 7) is 1.90. The Morgan fingerprint density at radius 2 is 2.00 bits per heavy atom. The van der Waals surface area contributed by atoms with E-state index in [1.54, 1.807) is 31.3 Å². The van der Waals surface area contributed by atoms with E-state index >= 15 is 0 Å². The smallest absolute Gasteiger partial charge is 0.246 e. The van der Waals surface area contributed by atoms with Gasteiger partial charge in [0.15, 0.2) is 0 Å². The summed E-state index contributed by atoms with van der Waals surface area (Å²) in [6.07, 6.45) is 3.17. The topological polar surface area (TPSA) is 58.6 Å². The zero-order valence-corrected chi connectivity index (χ0v) is 15.7. The molecule has 0 bridgehead atoms. The van der Waals surface area contributed by atoms with E-state index in [4.69, 9.17) is 16.3 Å². The van der Waals surface area contributed by atoms with Gasteiger partial charge in [0.25, 0.3) is 0 Å². The highest BCUT2D eigenvalue weighted by Gasteiger charge is 2.13. The number of halogens is 1. The number of amides is 2. The van der Waals surface area contributed by atoms with Crippen LogP contribution in [0.2, 0.25) is 5.02 Å². The van der Waals surface area contributed by atoms with Crippen molar-refractivity contribution in [3.8, 4) is 5.75 Å². The van der Waals surface area contributed by atoms with Crippen LogP contribution >= 0.6 is 11.6 Å². The molecule has 0 aliphatic rings. The lowest BCUT2D eigenvalue weighted by Gasteiger charge is -2.16. The van der Waals surface area contributed by atoms with Crippen LogP contribution in [0.4, 0.5) is 5.69 Å². The third-order valence-corrected chi connectivity index (χ3v) is 3.89. The van der Waals surface area contributed by atoms with Crippen molar-refractivity contribution in [2.24, 2.45) is 0 Å². The van der Waals surface area contributed by atoms with Crippen LogP contribution in [0.1, 0.15) is 11.1 Å². The summed E-state index contributed by atoms with van der Waals surface area (Å²) < 4.78 is 5.19. The monoisotopic (exact) mass is 372 g/mol. The van der Waals surface area contributed by atoms with E-state index in [0.29, 0.717) is 16.5 Å². The summed E-state index contributed by atoms with van der Waals surface area (Å²) in [7, 11) is 3.07. The molecule has 0 spiro atoms. The maximum Gasteiger partial charge on any atom is 0.246 e. The molecule has 0 fully saturated rings. The first-order valence-electron chi connectivity index (χ1n) is 8.02. The van der Waals surface area contributed by atoms with E-state index in [2.05, 4.69) is 5.32 Å². The van der Waals surface area contributed by atoms with Crippen molar-refractivity contribution in [3.05, 3.63) is 64.7 Å². The number of benzene rings is 2. The van der Waals surface area contributed by atoms with Gasteiger partial charge >= 0.3 is 0 Å². The molecule has 0 heterocycles. The average Bonchev–Trinajstić information content (AvgIpc) is 2.59. The van der Waals surface area contributed by atoms with Gasteiger partial charge in [-0.1, -0.05) is 41.4 Å². The number of aryl methyl sites for hydroxylation is 1. The molecule has 0 saturated heterocycles. The molecule has 0 radical (unpaired) electrons. The Balaban J connectivity index is 1.96. The van der Waals surface area contributed by atoms with Crippen molar-refractivity contribution in [2.45, 2.75) is 6.92 Å². The van der Waals surface area contributed by atoms with Gasteiger partial charge in [-0.3, -0.25) is 9.59 Å². The van der Waals surface area contributed by atoms with Gasteiger partial charge in [0.2, 0.25) is 11.8 Å². The Bertz CT molecular complexity index is 834. The Hall–Kier alpha value is -2.79. The van der Waals surface area contributed by atoms with Gasteiger partial charge in [-0.25, -0.2) is 0 Å². The van der Waals surface area contributed by atoms with E-state index in [1.807, 2.05) is 31.2 Å². The lowest BCUT2D eigenvalue weighted by Crippen LogP contribution is -2.33. The number of likely N-dealkylation sites (N-methyl/N-ethyl adjacent to an activating group) is 1. The third kappa shape index (κ3) is 5.63. The zero-order valence-electron chi connectivity index (χ0n) is 15.0. The summed E-state index contributed by atoms with van der Waals surface area (Å²) in [4.78, 5) is 25.7. The van der Waals surface area contributed by atoms with Crippen molar-refractivity contribution in [1.82, 2.24) is 4.90 Å². The molecule has 5 nitrogen and oxygen atoms in total. The Morgan fingerprint density at radius 3 is 2.69 bits per heavy atom. The normalized spacial score (nSPS) is 10.6. The molecule has 0 aliphatic heterocycles. The molecule has 1 N–H and O–H groups in total. The summed E-state index contributed by atoms with van der Waals surface area (Å²) in [5.74, 6) is -0.110. The largest absolute Gasteiger partial charge is 0.495 e. The van der Waals surface area contributed by atoms with Crippen LogP contribution in [-0.4, -0.2) is 37.4 Å². The lowest BCUT2D eigenvalue weighted by atomic mass is 10.1. The van der Waals surface area contributed by atoms with E-state index in [1.165, 1.54) is 18.1 Å². The van der Waals surface area contributed by atoms with Crippen LogP contribution in [0, 0.1) is 6.92 Å². The number of hydrogen-bond donors (Lipinski definition) is 1. The summed E-state index contributed by atoms with van der Waals surface area (Å²) in [5.41, 5.74) is 2.50. The fraction of sp³-hybridized carbons (Fsp3) is 0.200. The molecule has 26 heavy (non-hydrogen) atoms. The predicted molar refractivity (Wildman–Crippen MR) is 104 cm³/mol. The van der Waals surface area contributed by atoms with Crippen molar-refractivity contribution < 1.29 is 14.3 Å². The van der Waals surface area contributed by atoms with E-state index in [-0.39, 0.29) is 18.4 Å². The number of nitrogens with one attached hydrogen (secondary N) is 1. The minimum atomic E-state index is -0.342. The van der Waals surface area contributed by atoms with Crippen molar-refractivity contribution in [2.75, 3.05) is 26.0 Å². The van der Waals surface area contributed by atoms with Crippen molar-refractivity contribution >= 4 is 35.2 Å². The highest BCUT2D eigenvalue weighted by molar-refractivity contribution is 6.31. The van der Waals surface area contributed by atoms with E-state index in [0.717, 1.165) is 11.1 Å². The maximum atomic E-state index is 12.2. The predicted octanol–water partition coefficient (Wildman–Crippen LogP) is 3.77. The van der Waals surface area contributed by atoms with Gasteiger partial charge in [0.1, 0.15) is 5.75 Å². The number of methoxy groups -OCH3 is 1. The zero-order chi connectivity index (χ0) is 19.1. The first kappa shape index (κ1) is 19.5. The van der Waals surface area contributed by atoms with Crippen LogP contribution in [0.15, 0.2) is 48.5 Å². The fourth-order valence-electron chi connectivity index (χ4n) is 2.33. The van der Waals surface area contributed by atoms with Crippen LogP contribution < -0.4 is 10.1 Å². The second-order valence-corrected chi connectivity index (χ2v) is 6.27. The molecular formula is C20H21ClN2O3. The first-order chi connectivity index (χ1) is 12.4. The van der Waals surface area contributed by atoms with Gasteiger partial charge < -0.3 is 15.0 Å². The molecule has 2 rings (SSSR count). The Kier molecular flexibility index (Phi) is 6.81. The summed E-state index contributed by atoms with van der Waals surface area (Å²) >= 11 is 5.94. The maximum absolute atomic E-state index is 12.2. The molecule has 2 aromatic carbocycles. The molecule has 2 aromatic rings. The highest BCUT2D eigenvalue weighted by atomic mass is 35.5. The lowest BCUT2D eigenvalue weighted by molar-refractivity contribution is -0.129. The van der Waals surface area contributed by atoms with Gasteiger partial charge in [-0.2, -0.15) is 0 Å². The van der Waals surface area contributed by atoms with Crippen LogP contribution in [0.25, 0.3) is 6.08 Å². The fourth-order valence-corrected chi connectivity index (χ4v) is 2.50. The Labute approximate surface area is 158 Å². The summed E-state index contributed by atoms with van der Waals surface area (Å²) in [5, 5.41) is 3.18. The molecule has 0 unspecified atom stereocenters. The SMILES string of the molecule is COc1ccc(Cl)cc1NC(=O)CN(C)C(=O)/C=C/c1cccc(C)c1. The third-order valence-electron chi connectivity index (χ3n) is 3.65. The number of rotatable bonds is 6. The van der Waals surface area contributed by atoms with Crippen LogP contribution in [-0.2, 0) is 9.59 Å². The highest BCUT2D eigenvalue weighted by Crippen LogP contribution is 2.27. The second kappa shape index (κ2) is 9.06. The number of carbonyl (C=O) groups is 2. The summed E-state index contributed by atoms with van der Waals surface area (Å²) in [6, 6.07) is 12.7. The van der Waals surface area contributed by atoms with Crippen molar-refractivity contribution in [3.63, 3.8) is 0 Å². The molecule has 0 atom stereocenters. The van der Waals surface area contributed by atoms with Crippen LogP contribution in [0.3, 0.4) is 0 Å². The number of anilines is 1. The number of ether oxygens (including phenoxy) is 1. The average molecular weight is 373 g/mol. The number of carbonyl (C=O) groups excluding carboxylic acids is 2. The second-order valence-electron chi connectivity index (χ2n) is 5.83. The molecule has 0 saturated carbocycles. The molecule has 136 valence electrons. The minimum absolute atomic E-state index is 0.0906. The van der Waals surface area contributed by atoms with Gasteiger partial charge in [-0.05, 0) is 36.8 Å². The minimum Gasteiger partial charge on any atom is -0.495 e. The number of hydrogen-bond acceptors (Lipinski definition) is 3. The van der Waals surface area contributed by atoms with Crippen LogP contribution in [0.5, 0.6) is 5.75 Å². The Morgan fingerprint density at radius 1 is 1.23 bits per heavy atom. The van der Waals surface area contributed by atoms with Gasteiger partial charge in [0.05, 0.1) is 19.3 Å². The van der Waals surface area contributed by atoms with Gasteiger partial charge in [-0.15, -0.1) is 0 Å².